The molecule has 0 bridgehead atoms. The highest BCUT2D eigenvalue weighted by Crippen LogP contribution is 2.22. The van der Waals surface area contributed by atoms with Gasteiger partial charge in [-0.05, 0) is 25.5 Å². The number of rotatable bonds is 4. The van der Waals surface area contributed by atoms with Crippen LogP contribution in [0.15, 0.2) is 33.7 Å². The first-order valence-electron chi connectivity index (χ1n) is 6.36. The standard InChI is InChI=1S/C14H18N2O3S/c1-9(2)12-8-14(15-19-12)16-20(17,18)13-6-5-10(3)7-11(13)4/h5-9H,1-4H3,(H,15,16). The second-order valence-corrected chi connectivity index (χ2v) is 6.79. The van der Waals surface area contributed by atoms with Gasteiger partial charge in [0, 0.05) is 12.0 Å². The Morgan fingerprint density at radius 1 is 1.20 bits per heavy atom. The average molecular weight is 294 g/mol. The minimum Gasteiger partial charge on any atom is -0.359 e. The molecule has 0 atom stereocenters. The van der Waals surface area contributed by atoms with Gasteiger partial charge in [0.2, 0.25) is 0 Å². The van der Waals surface area contributed by atoms with Gasteiger partial charge in [0.25, 0.3) is 10.0 Å². The highest BCUT2D eigenvalue weighted by Gasteiger charge is 2.19. The first kappa shape index (κ1) is 14.6. The number of hydrogen-bond acceptors (Lipinski definition) is 4. The number of hydrogen-bond donors (Lipinski definition) is 1. The van der Waals surface area contributed by atoms with E-state index in [9.17, 15) is 8.42 Å². The molecule has 1 heterocycles. The number of aryl methyl sites for hydroxylation is 2. The van der Waals surface area contributed by atoms with E-state index in [0.29, 0.717) is 11.3 Å². The zero-order valence-corrected chi connectivity index (χ0v) is 12.8. The summed E-state index contributed by atoms with van der Waals surface area (Å²) in [6.45, 7) is 7.58. The molecule has 20 heavy (non-hydrogen) atoms. The van der Waals surface area contributed by atoms with Gasteiger partial charge in [0.05, 0.1) is 4.90 Å². The molecule has 0 radical (unpaired) electrons. The summed E-state index contributed by atoms with van der Waals surface area (Å²) in [6, 6.07) is 6.79. The summed E-state index contributed by atoms with van der Waals surface area (Å²) >= 11 is 0. The van der Waals surface area contributed by atoms with Crippen LogP contribution in [0.2, 0.25) is 0 Å². The predicted molar refractivity (Wildman–Crippen MR) is 77.3 cm³/mol. The van der Waals surface area contributed by atoms with E-state index in [1.54, 1.807) is 25.1 Å². The van der Waals surface area contributed by atoms with Crippen LogP contribution in [0.3, 0.4) is 0 Å². The van der Waals surface area contributed by atoms with Crippen molar-refractivity contribution in [3.05, 3.63) is 41.2 Å². The van der Waals surface area contributed by atoms with Crippen LogP contribution in [0.1, 0.15) is 36.7 Å². The molecule has 1 aromatic heterocycles. The zero-order chi connectivity index (χ0) is 14.9. The van der Waals surface area contributed by atoms with Crippen molar-refractivity contribution in [1.29, 1.82) is 0 Å². The normalized spacial score (nSPS) is 11.8. The largest absolute Gasteiger partial charge is 0.359 e. The van der Waals surface area contributed by atoms with Gasteiger partial charge in [0.1, 0.15) is 5.76 Å². The highest BCUT2D eigenvalue weighted by atomic mass is 32.2. The molecule has 0 aliphatic heterocycles. The van der Waals surface area contributed by atoms with E-state index in [4.69, 9.17) is 4.52 Å². The summed E-state index contributed by atoms with van der Waals surface area (Å²) in [7, 11) is -3.65. The smallest absolute Gasteiger partial charge is 0.263 e. The molecule has 1 N–H and O–H groups in total. The second-order valence-electron chi connectivity index (χ2n) is 5.14. The van der Waals surface area contributed by atoms with Crippen molar-refractivity contribution in [3.8, 4) is 0 Å². The van der Waals surface area contributed by atoms with E-state index < -0.39 is 10.0 Å². The number of benzene rings is 1. The maximum absolute atomic E-state index is 12.3. The maximum Gasteiger partial charge on any atom is 0.263 e. The van der Waals surface area contributed by atoms with Gasteiger partial charge in [-0.2, -0.15) is 0 Å². The van der Waals surface area contributed by atoms with Gasteiger partial charge in [-0.3, -0.25) is 4.72 Å². The second kappa shape index (κ2) is 5.28. The van der Waals surface area contributed by atoms with Gasteiger partial charge in [-0.1, -0.05) is 36.7 Å². The Morgan fingerprint density at radius 2 is 1.90 bits per heavy atom. The number of aromatic nitrogens is 1. The van der Waals surface area contributed by atoms with Crippen LogP contribution in [0, 0.1) is 13.8 Å². The fourth-order valence-electron chi connectivity index (χ4n) is 1.90. The molecule has 5 nitrogen and oxygen atoms in total. The third-order valence-corrected chi connectivity index (χ3v) is 4.47. The fourth-order valence-corrected chi connectivity index (χ4v) is 3.11. The van der Waals surface area contributed by atoms with Crippen LogP contribution >= 0.6 is 0 Å². The lowest BCUT2D eigenvalue weighted by Crippen LogP contribution is -2.14. The third-order valence-electron chi connectivity index (χ3n) is 2.96. The molecule has 0 aliphatic carbocycles. The van der Waals surface area contributed by atoms with Crippen molar-refractivity contribution in [2.75, 3.05) is 4.72 Å². The van der Waals surface area contributed by atoms with Crippen LogP contribution in [-0.4, -0.2) is 13.6 Å². The lowest BCUT2D eigenvalue weighted by Gasteiger charge is -2.08. The van der Waals surface area contributed by atoms with Gasteiger partial charge in [-0.25, -0.2) is 8.42 Å². The minimum absolute atomic E-state index is 0.155. The van der Waals surface area contributed by atoms with Crippen LogP contribution < -0.4 is 4.72 Å². The molecule has 0 spiro atoms. The number of nitrogens with zero attached hydrogens (tertiary/aromatic N) is 1. The lowest BCUT2D eigenvalue weighted by molar-refractivity contribution is 0.373. The van der Waals surface area contributed by atoms with E-state index in [1.807, 2.05) is 26.8 Å². The van der Waals surface area contributed by atoms with Gasteiger partial charge < -0.3 is 4.52 Å². The Morgan fingerprint density at radius 3 is 2.45 bits per heavy atom. The molecule has 6 heteroatoms. The molecule has 0 saturated carbocycles. The minimum atomic E-state index is -3.65. The molecule has 0 fully saturated rings. The molecule has 2 aromatic rings. The number of sulfonamides is 1. The maximum atomic E-state index is 12.3. The van der Waals surface area contributed by atoms with Crippen molar-refractivity contribution in [3.63, 3.8) is 0 Å². The quantitative estimate of drug-likeness (QED) is 0.939. The van der Waals surface area contributed by atoms with Gasteiger partial charge in [0.15, 0.2) is 5.82 Å². The topological polar surface area (TPSA) is 72.2 Å². The van der Waals surface area contributed by atoms with E-state index in [-0.39, 0.29) is 16.6 Å². The predicted octanol–water partition coefficient (Wildman–Crippen LogP) is 3.22. The SMILES string of the molecule is Cc1ccc(S(=O)(=O)Nc2cc(C(C)C)on2)c(C)c1. The Kier molecular flexibility index (Phi) is 3.85. The Labute approximate surface area is 119 Å². The van der Waals surface area contributed by atoms with Crippen molar-refractivity contribution in [2.45, 2.75) is 38.5 Å². The van der Waals surface area contributed by atoms with E-state index >= 15 is 0 Å². The van der Waals surface area contributed by atoms with E-state index in [0.717, 1.165) is 5.56 Å². The summed E-state index contributed by atoms with van der Waals surface area (Å²) in [4.78, 5) is 0.247. The molecular formula is C14H18N2O3S. The highest BCUT2D eigenvalue weighted by molar-refractivity contribution is 7.92. The summed E-state index contributed by atoms with van der Waals surface area (Å²) < 4.78 is 32.2. The zero-order valence-electron chi connectivity index (χ0n) is 12.0. The summed E-state index contributed by atoms with van der Waals surface area (Å²) in [5.74, 6) is 0.999. The van der Waals surface area contributed by atoms with Crippen LogP contribution in [0.4, 0.5) is 5.82 Å². The summed E-state index contributed by atoms with van der Waals surface area (Å²) in [6.07, 6.45) is 0. The molecule has 0 amide bonds. The molecule has 0 unspecified atom stereocenters. The molecule has 0 saturated heterocycles. The Hall–Kier alpha value is -1.82. The Bertz CT molecular complexity index is 718. The lowest BCUT2D eigenvalue weighted by atomic mass is 10.2. The van der Waals surface area contributed by atoms with Crippen molar-refractivity contribution in [2.24, 2.45) is 0 Å². The molecule has 1 aromatic carbocycles. The van der Waals surface area contributed by atoms with E-state index in [2.05, 4.69) is 9.88 Å². The number of anilines is 1. The molecule has 108 valence electrons. The van der Waals surface area contributed by atoms with Gasteiger partial charge in [-0.15, -0.1) is 0 Å². The van der Waals surface area contributed by atoms with Crippen molar-refractivity contribution < 1.29 is 12.9 Å². The summed E-state index contributed by atoms with van der Waals surface area (Å²) in [5.41, 5.74) is 1.72. The van der Waals surface area contributed by atoms with Crippen LogP contribution in [-0.2, 0) is 10.0 Å². The molecular weight excluding hydrogens is 276 g/mol. The molecule has 2 rings (SSSR count). The average Bonchev–Trinajstić information content (AvgIpc) is 2.76. The Balaban J connectivity index is 2.30. The third kappa shape index (κ3) is 3.01. The first-order chi connectivity index (χ1) is 9.29. The van der Waals surface area contributed by atoms with Crippen molar-refractivity contribution >= 4 is 15.8 Å². The number of nitrogens with one attached hydrogen (secondary N) is 1. The first-order valence-corrected chi connectivity index (χ1v) is 7.84. The van der Waals surface area contributed by atoms with Crippen molar-refractivity contribution in [1.82, 2.24) is 5.16 Å². The summed E-state index contributed by atoms with van der Waals surface area (Å²) in [5, 5.41) is 3.73. The fraction of sp³-hybridized carbons (Fsp3) is 0.357. The van der Waals surface area contributed by atoms with Crippen LogP contribution in [0.25, 0.3) is 0 Å². The molecule has 0 aliphatic rings. The van der Waals surface area contributed by atoms with E-state index in [1.165, 1.54) is 0 Å². The monoisotopic (exact) mass is 294 g/mol. The van der Waals surface area contributed by atoms with Gasteiger partial charge >= 0.3 is 0 Å². The van der Waals surface area contributed by atoms with Crippen LogP contribution in [0.5, 0.6) is 0 Å².